The molecule has 1 unspecified atom stereocenters. The third-order valence-electron chi connectivity index (χ3n) is 4.69. The Bertz CT molecular complexity index is 602. The van der Waals surface area contributed by atoms with Gasteiger partial charge in [-0.1, -0.05) is 0 Å². The summed E-state index contributed by atoms with van der Waals surface area (Å²) in [6, 6.07) is 7.27. The highest BCUT2D eigenvalue weighted by atomic mass is 32.2. The Labute approximate surface area is 152 Å². The minimum Gasteiger partial charge on any atom is -0.497 e. The molecule has 25 heavy (non-hydrogen) atoms. The first-order valence-electron chi connectivity index (χ1n) is 8.68. The van der Waals surface area contributed by atoms with E-state index in [1.807, 2.05) is 40.9 Å². The van der Waals surface area contributed by atoms with E-state index < -0.39 is 0 Å². The van der Waals surface area contributed by atoms with Crippen molar-refractivity contribution in [2.75, 3.05) is 56.7 Å². The first-order chi connectivity index (χ1) is 12.2. The molecule has 3 rings (SSSR count). The molecule has 0 saturated carbocycles. The zero-order valence-corrected chi connectivity index (χ0v) is 15.4. The number of carbonyl (C=O) groups is 2. The van der Waals surface area contributed by atoms with Crippen LogP contribution in [-0.2, 0) is 9.59 Å². The summed E-state index contributed by atoms with van der Waals surface area (Å²) in [4.78, 5) is 28.8. The summed E-state index contributed by atoms with van der Waals surface area (Å²) >= 11 is 1.91. The Kier molecular flexibility index (Phi) is 6.20. The molecule has 2 saturated heterocycles. The summed E-state index contributed by atoms with van der Waals surface area (Å²) in [5.74, 6) is 3.08. The number of amides is 2. The van der Waals surface area contributed by atoms with E-state index in [1.54, 1.807) is 7.11 Å². The Hall–Kier alpha value is -1.73. The van der Waals surface area contributed by atoms with Crippen molar-refractivity contribution in [1.82, 2.24) is 9.80 Å². The maximum Gasteiger partial charge on any atom is 0.238 e. The van der Waals surface area contributed by atoms with Crippen molar-refractivity contribution in [2.24, 2.45) is 5.92 Å². The Balaban J connectivity index is 1.45. The highest BCUT2D eigenvalue weighted by molar-refractivity contribution is 7.99. The van der Waals surface area contributed by atoms with Crippen LogP contribution in [0.15, 0.2) is 24.3 Å². The molecule has 0 aromatic heterocycles. The van der Waals surface area contributed by atoms with Crippen molar-refractivity contribution in [3.63, 3.8) is 0 Å². The second kappa shape index (κ2) is 8.58. The lowest BCUT2D eigenvalue weighted by molar-refractivity contribution is -0.134. The van der Waals surface area contributed by atoms with Gasteiger partial charge >= 0.3 is 0 Å². The van der Waals surface area contributed by atoms with Crippen molar-refractivity contribution in [3.8, 4) is 5.75 Å². The molecule has 0 spiro atoms. The summed E-state index contributed by atoms with van der Waals surface area (Å²) in [5, 5.41) is 2.89. The van der Waals surface area contributed by atoms with E-state index in [1.165, 1.54) is 0 Å². The van der Waals surface area contributed by atoms with Gasteiger partial charge in [-0.15, -0.1) is 0 Å². The smallest absolute Gasteiger partial charge is 0.238 e. The number of anilines is 1. The predicted octanol–water partition coefficient (Wildman–Crippen LogP) is 1.53. The molecule has 1 N–H and O–H groups in total. The molecule has 0 bridgehead atoms. The van der Waals surface area contributed by atoms with Crippen LogP contribution < -0.4 is 10.1 Å². The monoisotopic (exact) mass is 363 g/mol. The van der Waals surface area contributed by atoms with Crippen LogP contribution in [-0.4, -0.2) is 73.0 Å². The molecular weight excluding hydrogens is 338 g/mol. The van der Waals surface area contributed by atoms with Crippen molar-refractivity contribution in [1.29, 1.82) is 0 Å². The predicted molar refractivity (Wildman–Crippen MR) is 100 cm³/mol. The van der Waals surface area contributed by atoms with Crippen LogP contribution in [0.25, 0.3) is 0 Å². The minimum absolute atomic E-state index is 0.0388. The summed E-state index contributed by atoms with van der Waals surface area (Å²) in [6.07, 6.45) is 0.846. The fourth-order valence-electron chi connectivity index (χ4n) is 3.30. The number of methoxy groups -OCH3 is 1. The molecule has 2 amide bonds. The second-order valence-corrected chi connectivity index (χ2v) is 7.66. The number of ether oxygens (including phenoxy) is 1. The van der Waals surface area contributed by atoms with Crippen LogP contribution in [0.1, 0.15) is 6.42 Å². The standard InChI is InChI=1S/C18H25N3O3S/c1-24-16-4-2-15(3-5-16)19-17(22)13-20-7-6-14(12-20)18(23)21-8-10-25-11-9-21/h2-5,14H,6-13H2,1H3,(H,19,22). The van der Waals surface area contributed by atoms with Gasteiger partial charge in [-0.05, 0) is 37.2 Å². The summed E-state index contributed by atoms with van der Waals surface area (Å²) in [6.45, 7) is 3.52. The van der Waals surface area contributed by atoms with Gasteiger partial charge in [0.25, 0.3) is 0 Å². The van der Waals surface area contributed by atoms with Crippen LogP contribution in [0.5, 0.6) is 5.75 Å². The van der Waals surface area contributed by atoms with E-state index in [2.05, 4.69) is 10.2 Å². The fraction of sp³-hybridized carbons (Fsp3) is 0.556. The van der Waals surface area contributed by atoms with Crippen LogP contribution in [0.3, 0.4) is 0 Å². The molecular formula is C18H25N3O3S. The Morgan fingerprint density at radius 1 is 1.20 bits per heavy atom. The normalized spacial score (nSPS) is 21.2. The van der Waals surface area contributed by atoms with Gasteiger partial charge in [-0.2, -0.15) is 11.8 Å². The van der Waals surface area contributed by atoms with Crippen molar-refractivity contribution in [2.45, 2.75) is 6.42 Å². The Morgan fingerprint density at radius 3 is 2.60 bits per heavy atom. The number of carbonyl (C=O) groups excluding carboxylic acids is 2. The summed E-state index contributed by atoms with van der Waals surface area (Å²) < 4.78 is 5.11. The van der Waals surface area contributed by atoms with Crippen LogP contribution in [0.4, 0.5) is 5.69 Å². The zero-order chi connectivity index (χ0) is 17.6. The van der Waals surface area contributed by atoms with Gasteiger partial charge in [0.1, 0.15) is 5.75 Å². The molecule has 6 nitrogen and oxygen atoms in total. The third kappa shape index (κ3) is 4.89. The van der Waals surface area contributed by atoms with Gasteiger partial charge in [0.05, 0.1) is 19.6 Å². The second-order valence-electron chi connectivity index (χ2n) is 6.44. The van der Waals surface area contributed by atoms with Gasteiger partial charge < -0.3 is 15.0 Å². The van der Waals surface area contributed by atoms with Crippen LogP contribution >= 0.6 is 11.8 Å². The highest BCUT2D eigenvalue weighted by Gasteiger charge is 2.32. The molecule has 1 aromatic rings. The van der Waals surface area contributed by atoms with E-state index in [-0.39, 0.29) is 17.7 Å². The molecule has 1 atom stereocenters. The largest absolute Gasteiger partial charge is 0.497 e. The SMILES string of the molecule is COc1ccc(NC(=O)CN2CCC(C(=O)N3CCSCC3)C2)cc1. The average molecular weight is 363 g/mol. The van der Waals surface area contributed by atoms with Gasteiger partial charge in [0.2, 0.25) is 11.8 Å². The number of benzene rings is 1. The molecule has 1 aromatic carbocycles. The minimum atomic E-state index is -0.0485. The van der Waals surface area contributed by atoms with Crippen molar-refractivity contribution >= 4 is 29.3 Å². The molecule has 7 heteroatoms. The molecule has 0 aliphatic carbocycles. The van der Waals surface area contributed by atoms with E-state index in [4.69, 9.17) is 4.74 Å². The highest BCUT2D eigenvalue weighted by Crippen LogP contribution is 2.21. The third-order valence-corrected chi connectivity index (χ3v) is 5.63. The number of hydrogen-bond acceptors (Lipinski definition) is 5. The molecule has 2 aliphatic heterocycles. The lowest BCUT2D eigenvalue weighted by Crippen LogP contribution is -2.42. The number of nitrogens with zero attached hydrogens (tertiary/aromatic N) is 2. The van der Waals surface area contributed by atoms with Crippen molar-refractivity contribution < 1.29 is 14.3 Å². The first-order valence-corrected chi connectivity index (χ1v) is 9.84. The number of rotatable bonds is 5. The van der Waals surface area contributed by atoms with Crippen LogP contribution in [0, 0.1) is 5.92 Å². The van der Waals surface area contributed by atoms with Gasteiger partial charge in [0.15, 0.2) is 0 Å². The molecule has 2 heterocycles. The van der Waals surface area contributed by atoms with Gasteiger partial charge in [-0.25, -0.2) is 0 Å². The summed E-state index contributed by atoms with van der Waals surface area (Å²) in [5.41, 5.74) is 0.753. The van der Waals surface area contributed by atoms with Crippen molar-refractivity contribution in [3.05, 3.63) is 24.3 Å². The van der Waals surface area contributed by atoms with E-state index in [0.29, 0.717) is 13.1 Å². The Morgan fingerprint density at radius 2 is 1.92 bits per heavy atom. The quantitative estimate of drug-likeness (QED) is 0.860. The van der Waals surface area contributed by atoms with Gasteiger partial charge in [0, 0.05) is 36.8 Å². The van der Waals surface area contributed by atoms with Gasteiger partial charge in [-0.3, -0.25) is 14.5 Å². The fourth-order valence-corrected chi connectivity index (χ4v) is 4.20. The lowest BCUT2D eigenvalue weighted by atomic mass is 10.1. The first kappa shape index (κ1) is 18.1. The number of thioether (sulfide) groups is 1. The number of nitrogens with one attached hydrogen (secondary N) is 1. The van der Waals surface area contributed by atoms with E-state index >= 15 is 0 Å². The molecule has 2 fully saturated rings. The maximum atomic E-state index is 12.6. The van der Waals surface area contributed by atoms with Crippen LogP contribution in [0.2, 0.25) is 0 Å². The maximum absolute atomic E-state index is 12.6. The zero-order valence-electron chi connectivity index (χ0n) is 14.6. The topological polar surface area (TPSA) is 61.9 Å². The molecule has 0 radical (unpaired) electrons. The number of hydrogen-bond donors (Lipinski definition) is 1. The summed E-state index contributed by atoms with van der Waals surface area (Å²) in [7, 11) is 1.61. The van der Waals surface area contributed by atoms with E-state index in [0.717, 1.165) is 49.0 Å². The molecule has 2 aliphatic rings. The lowest BCUT2D eigenvalue weighted by Gasteiger charge is -2.28. The van der Waals surface area contributed by atoms with E-state index in [9.17, 15) is 9.59 Å². The number of likely N-dealkylation sites (tertiary alicyclic amines) is 1. The average Bonchev–Trinajstić information content (AvgIpc) is 3.10. The molecule has 136 valence electrons.